The third kappa shape index (κ3) is 4.26. The summed E-state index contributed by atoms with van der Waals surface area (Å²) in [7, 11) is 0. The average molecular weight is 464 g/mol. The van der Waals surface area contributed by atoms with Crippen molar-refractivity contribution in [3.63, 3.8) is 0 Å². The summed E-state index contributed by atoms with van der Waals surface area (Å²) >= 11 is 9.03. The zero-order chi connectivity index (χ0) is 20.3. The maximum absolute atomic E-state index is 12.6. The SMILES string of the molecule is O=C(N/N=C\[C@@H]1C(=O)NC(=O)N(c2ccc(Br)cc2)C1=O)c1ccc(Cl)cc1. The van der Waals surface area contributed by atoms with Gasteiger partial charge in [-0.1, -0.05) is 27.5 Å². The Bertz CT molecular complexity index is 976. The summed E-state index contributed by atoms with van der Waals surface area (Å²) < 4.78 is 0.764. The van der Waals surface area contributed by atoms with Crippen molar-refractivity contribution in [2.75, 3.05) is 4.90 Å². The van der Waals surface area contributed by atoms with E-state index in [1.54, 1.807) is 36.4 Å². The summed E-state index contributed by atoms with van der Waals surface area (Å²) in [6.45, 7) is 0. The van der Waals surface area contributed by atoms with Crippen molar-refractivity contribution in [2.24, 2.45) is 11.0 Å². The van der Waals surface area contributed by atoms with Gasteiger partial charge in [0, 0.05) is 21.3 Å². The maximum atomic E-state index is 12.6. The fourth-order valence-electron chi connectivity index (χ4n) is 2.39. The van der Waals surface area contributed by atoms with Crippen LogP contribution in [-0.2, 0) is 9.59 Å². The van der Waals surface area contributed by atoms with Crippen LogP contribution in [0.15, 0.2) is 58.1 Å². The lowest BCUT2D eigenvalue weighted by molar-refractivity contribution is -0.131. The monoisotopic (exact) mass is 462 g/mol. The number of rotatable bonds is 4. The first-order chi connectivity index (χ1) is 13.4. The van der Waals surface area contributed by atoms with Gasteiger partial charge in [0.1, 0.15) is 0 Å². The van der Waals surface area contributed by atoms with E-state index in [1.807, 2.05) is 0 Å². The lowest BCUT2D eigenvalue weighted by Gasteiger charge is -2.28. The van der Waals surface area contributed by atoms with E-state index in [4.69, 9.17) is 11.6 Å². The number of urea groups is 1. The maximum Gasteiger partial charge on any atom is 0.335 e. The molecule has 1 heterocycles. The largest absolute Gasteiger partial charge is 0.335 e. The molecule has 2 N–H and O–H groups in total. The predicted molar refractivity (Wildman–Crippen MR) is 106 cm³/mol. The number of hydrogen-bond donors (Lipinski definition) is 2. The first-order valence-corrected chi connectivity index (χ1v) is 9.07. The van der Waals surface area contributed by atoms with Crippen molar-refractivity contribution < 1.29 is 19.2 Å². The summed E-state index contributed by atoms with van der Waals surface area (Å²) in [5.41, 5.74) is 2.82. The molecule has 1 fully saturated rings. The van der Waals surface area contributed by atoms with Gasteiger partial charge in [-0.3, -0.25) is 19.7 Å². The lowest BCUT2D eigenvalue weighted by atomic mass is 10.1. The highest BCUT2D eigenvalue weighted by atomic mass is 79.9. The smallest absolute Gasteiger partial charge is 0.276 e. The van der Waals surface area contributed by atoms with Crippen LogP contribution in [0.2, 0.25) is 5.02 Å². The first-order valence-electron chi connectivity index (χ1n) is 7.90. The second-order valence-corrected chi connectivity index (χ2v) is 7.00. The van der Waals surface area contributed by atoms with Gasteiger partial charge in [0.2, 0.25) is 5.91 Å². The predicted octanol–water partition coefficient (Wildman–Crippen LogP) is 2.72. The molecule has 1 saturated heterocycles. The van der Waals surface area contributed by atoms with Crippen LogP contribution < -0.4 is 15.6 Å². The van der Waals surface area contributed by atoms with Gasteiger partial charge >= 0.3 is 6.03 Å². The molecule has 5 amide bonds. The normalized spacial score (nSPS) is 17.0. The standard InChI is InChI=1S/C18H12BrClN4O4/c19-11-3-7-13(8-4-11)24-17(27)14(16(26)22-18(24)28)9-21-23-15(25)10-1-5-12(20)6-2-10/h1-9,14H,(H,23,25)(H,22,26,28)/b21-9-/t14-/m1/s1. The van der Waals surface area contributed by atoms with Crippen molar-refractivity contribution in [3.8, 4) is 0 Å². The minimum absolute atomic E-state index is 0.293. The minimum atomic E-state index is -1.37. The molecule has 0 spiro atoms. The van der Waals surface area contributed by atoms with Crippen molar-refractivity contribution >= 4 is 63.2 Å². The number of carbonyl (C=O) groups is 4. The van der Waals surface area contributed by atoms with Crippen LogP contribution >= 0.6 is 27.5 Å². The lowest BCUT2D eigenvalue weighted by Crippen LogP contribution is -2.58. The van der Waals surface area contributed by atoms with E-state index in [1.165, 1.54) is 12.1 Å². The number of hydrazone groups is 1. The minimum Gasteiger partial charge on any atom is -0.276 e. The van der Waals surface area contributed by atoms with Gasteiger partial charge in [-0.25, -0.2) is 15.1 Å². The number of nitrogens with one attached hydrogen (secondary N) is 2. The number of hydrogen-bond acceptors (Lipinski definition) is 5. The zero-order valence-corrected chi connectivity index (χ0v) is 16.4. The third-order valence-electron chi connectivity index (χ3n) is 3.78. The van der Waals surface area contributed by atoms with Crippen LogP contribution in [0.25, 0.3) is 0 Å². The summed E-state index contributed by atoms with van der Waals surface area (Å²) in [6.07, 6.45) is 0.976. The van der Waals surface area contributed by atoms with Crippen LogP contribution in [-0.4, -0.2) is 30.0 Å². The van der Waals surface area contributed by atoms with Gasteiger partial charge in [0.15, 0.2) is 5.92 Å². The molecule has 10 heteroatoms. The number of barbiturate groups is 1. The fourth-order valence-corrected chi connectivity index (χ4v) is 2.78. The molecule has 0 aromatic heterocycles. The summed E-state index contributed by atoms with van der Waals surface area (Å²) in [6, 6.07) is 11.6. The number of imide groups is 2. The Kier molecular flexibility index (Phi) is 5.86. The van der Waals surface area contributed by atoms with E-state index in [0.29, 0.717) is 16.3 Å². The van der Waals surface area contributed by atoms with Crippen molar-refractivity contribution in [1.29, 1.82) is 0 Å². The highest BCUT2D eigenvalue weighted by Gasteiger charge is 2.40. The number of amides is 5. The topological polar surface area (TPSA) is 108 Å². The van der Waals surface area contributed by atoms with Crippen LogP contribution in [0.5, 0.6) is 0 Å². The van der Waals surface area contributed by atoms with E-state index in [-0.39, 0.29) is 0 Å². The summed E-state index contributed by atoms with van der Waals surface area (Å²) in [5, 5.41) is 6.25. The molecule has 1 atom stereocenters. The molecular formula is C18H12BrClN4O4. The van der Waals surface area contributed by atoms with E-state index in [2.05, 4.69) is 31.8 Å². The molecule has 1 aliphatic heterocycles. The van der Waals surface area contributed by atoms with E-state index in [9.17, 15) is 19.2 Å². The average Bonchev–Trinajstić information content (AvgIpc) is 2.66. The Labute approximate surface area is 172 Å². The van der Waals surface area contributed by atoms with Gasteiger partial charge in [0.05, 0.1) is 5.69 Å². The molecule has 0 saturated carbocycles. The Hall–Kier alpha value is -3.04. The van der Waals surface area contributed by atoms with Crippen LogP contribution in [0.3, 0.4) is 0 Å². The molecule has 2 aromatic carbocycles. The van der Waals surface area contributed by atoms with E-state index >= 15 is 0 Å². The molecule has 3 rings (SSSR count). The number of halogens is 2. The van der Waals surface area contributed by atoms with E-state index < -0.39 is 29.7 Å². The Morgan fingerprint density at radius 1 is 1.11 bits per heavy atom. The van der Waals surface area contributed by atoms with Gasteiger partial charge < -0.3 is 0 Å². The molecule has 0 bridgehead atoms. The molecule has 142 valence electrons. The van der Waals surface area contributed by atoms with Crippen molar-refractivity contribution in [2.45, 2.75) is 0 Å². The van der Waals surface area contributed by atoms with Crippen LogP contribution in [0, 0.1) is 5.92 Å². The third-order valence-corrected chi connectivity index (χ3v) is 4.56. The number of nitrogens with zero attached hydrogens (tertiary/aromatic N) is 2. The van der Waals surface area contributed by atoms with E-state index in [0.717, 1.165) is 15.6 Å². The van der Waals surface area contributed by atoms with Gasteiger partial charge in [-0.15, -0.1) is 0 Å². The Morgan fingerprint density at radius 2 is 1.75 bits per heavy atom. The molecule has 1 aliphatic rings. The number of benzene rings is 2. The molecule has 8 nitrogen and oxygen atoms in total. The van der Waals surface area contributed by atoms with Crippen LogP contribution in [0.4, 0.5) is 10.5 Å². The van der Waals surface area contributed by atoms with Gasteiger partial charge in [-0.2, -0.15) is 5.10 Å². The Balaban J connectivity index is 1.74. The van der Waals surface area contributed by atoms with Crippen LogP contribution in [0.1, 0.15) is 10.4 Å². The van der Waals surface area contributed by atoms with Crippen molar-refractivity contribution in [1.82, 2.24) is 10.7 Å². The highest BCUT2D eigenvalue weighted by Crippen LogP contribution is 2.22. The molecule has 0 unspecified atom stereocenters. The van der Waals surface area contributed by atoms with Crippen molar-refractivity contribution in [3.05, 3.63) is 63.6 Å². The zero-order valence-electron chi connectivity index (χ0n) is 14.1. The summed E-state index contributed by atoms with van der Waals surface area (Å²) in [5.74, 6) is -3.52. The molecule has 0 radical (unpaired) electrons. The quantitative estimate of drug-likeness (QED) is 0.413. The van der Waals surface area contributed by atoms with Gasteiger partial charge in [-0.05, 0) is 48.5 Å². The highest BCUT2D eigenvalue weighted by molar-refractivity contribution is 9.10. The molecule has 0 aliphatic carbocycles. The number of carbonyl (C=O) groups excluding carboxylic acids is 4. The fraction of sp³-hybridized carbons (Fsp3) is 0.0556. The second kappa shape index (κ2) is 8.32. The molecule has 2 aromatic rings. The summed E-state index contributed by atoms with van der Waals surface area (Å²) in [4.78, 5) is 49.6. The second-order valence-electron chi connectivity index (χ2n) is 5.65. The molecule has 28 heavy (non-hydrogen) atoms. The Morgan fingerprint density at radius 3 is 2.39 bits per heavy atom. The number of anilines is 1. The first kappa shape index (κ1) is 19.7. The molecular weight excluding hydrogens is 452 g/mol. The van der Waals surface area contributed by atoms with Gasteiger partial charge in [0.25, 0.3) is 11.8 Å².